The normalized spacial score (nSPS) is 16.3. The first-order chi connectivity index (χ1) is 8.33. The molecule has 1 aromatic rings. The minimum atomic E-state index is 0.150. The van der Waals surface area contributed by atoms with E-state index in [2.05, 4.69) is 15.1 Å². The van der Waals surface area contributed by atoms with E-state index in [1.807, 2.05) is 0 Å². The van der Waals surface area contributed by atoms with Crippen molar-refractivity contribution in [2.45, 2.75) is 4.34 Å². The molecule has 1 saturated heterocycles. The molecule has 0 aromatic carbocycles. The van der Waals surface area contributed by atoms with Crippen molar-refractivity contribution in [3.8, 4) is 0 Å². The molecule has 0 aliphatic carbocycles. The first-order valence-electron chi connectivity index (χ1n) is 5.35. The molecule has 0 saturated carbocycles. The Bertz CT molecular complexity index is 366. The van der Waals surface area contributed by atoms with Crippen molar-refractivity contribution in [2.24, 2.45) is 0 Å². The average Bonchev–Trinajstić information content (AvgIpc) is 2.85. The van der Waals surface area contributed by atoms with Gasteiger partial charge in [0.15, 0.2) is 4.34 Å². The summed E-state index contributed by atoms with van der Waals surface area (Å²) in [6, 6.07) is 0. The minimum Gasteiger partial charge on any atom is -0.396 e. The number of rotatable bonds is 5. The SMILES string of the molecule is O=CN1CCN(c2nnc(SCCO)s2)CC1. The molecule has 0 atom stereocenters. The second-order valence-electron chi connectivity index (χ2n) is 3.55. The Morgan fingerprint density at radius 1 is 1.35 bits per heavy atom. The molecular formula is C9H14N4O2S2. The molecule has 8 heteroatoms. The number of hydrogen-bond donors (Lipinski definition) is 1. The lowest BCUT2D eigenvalue weighted by molar-refractivity contribution is -0.118. The van der Waals surface area contributed by atoms with Gasteiger partial charge in [0.2, 0.25) is 11.5 Å². The number of aliphatic hydroxyl groups excluding tert-OH is 1. The number of aliphatic hydroxyl groups is 1. The van der Waals surface area contributed by atoms with Gasteiger partial charge in [0.05, 0.1) is 6.61 Å². The van der Waals surface area contributed by atoms with E-state index in [0.29, 0.717) is 5.75 Å². The molecule has 0 spiro atoms. The third kappa shape index (κ3) is 3.30. The second kappa shape index (κ2) is 6.18. The molecule has 0 bridgehead atoms. The summed E-state index contributed by atoms with van der Waals surface area (Å²) in [5, 5.41) is 17.8. The molecule has 17 heavy (non-hydrogen) atoms. The van der Waals surface area contributed by atoms with Crippen molar-refractivity contribution in [3.63, 3.8) is 0 Å². The van der Waals surface area contributed by atoms with Crippen LogP contribution in [0.5, 0.6) is 0 Å². The zero-order valence-corrected chi connectivity index (χ0v) is 10.9. The van der Waals surface area contributed by atoms with Crippen molar-refractivity contribution in [1.82, 2.24) is 15.1 Å². The second-order valence-corrected chi connectivity index (χ2v) is 5.85. The number of hydrogen-bond acceptors (Lipinski definition) is 7. The van der Waals surface area contributed by atoms with E-state index < -0.39 is 0 Å². The molecule has 1 aromatic heterocycles. The summed E-state index contributed by atoms with van der Waals surface area (Å²) < 4.78 is 0.881. The molecule has 0 unspecified atom stereocenters. The Kier molecular flexibility index (Phi) is 4.57. The van der Waals surface area contributed by atoms with E-state index >= 15 is 0 Å². The van der Waals surface area contributed by atoms with E-state index in [0.717, 1.165) is 42.1 Å². The van der Waals surface area contributed by atoms with Gasteiger partial charge in [0.25, 0.3) is 0 Å². The van der Waals surface area contributed by atoms with Crippen molar-refractivity contribution in [3.05, 3.63) is 0 Å². The van der Waals surface area contributed by atoms with Gasteiger partial charge < -0.3 is 14.9 Å². The maximum atomic E-state index is 10.6. The zero-order chi connectivity index (χ0) is 12.1. The molecule has 6 nitrogen and oxygen atoms in total. The number of carbonyl (C=O) groups excluding carboxylic acids is 1. The standard InChI is InChI=1S/C9H14N4O2S2/c14-5-6-16-9-11-10-8(17-9)13-3-1-12(7-15)2-4-13/h7,14H,1-6H2. The summed E-state index contributed by atoms with van der Waals surface area (Å²) >= 11 is 3.05. The first-order valence-corrected chi connectivity index (χ1v) is 7.15. The lowest BCUT2D eigenvalue weighted by Crippen LogP contribution is -2.45. The fourth-order valence-corrected chi connectivity index (χ4v) is 3.25. The van der Waals surface area contributed by atoms with Crippen LogP contribution in [0.4, 0.5) is 5.13 Å². The van der Waals surface area contributed by atoms with E-state index in [9.17, 15) is 4.79 Å². The zero-order valence-electron chi connectivity index (χ0n) is 9.28. The minimum absolute atomic E-state index is 0.150. The predicted octanol–water partition coefficient (Wildman–Crippen LogP) is -0.0991. The Morgan fingerprint density at radius 3 is 2.76 bits per heavy atom. The van der Waals surface area contributed by atoms with Gasteiger partial charge >= 0.3 is 0 Å². The van der Waals surface area contributed by atoms with Crippen LogP contribution in [0.1, 0.15) is 0 Å². The first kappa shape index (κ1) is 12.6. The van der Waals surface area contributed by atoms with Crippen LogP contribution in [0.3, 0.4) is 0 Å². The average molecular weight is 274 g/mol. The highest BCUT2D eigenvalue weighted by Crippen LogP contribution is 2.28. The van der Waals surface area contributed by atoms with Crippen LogP contribution < -0.4 is 4.90 Å². The number of piperazine rings is 1. The lowest BCUT2D eigenvalue weighted by Gasteiger charge is -2.31. The molecule has 1 fully saturated rings. The van der Waals surface area contributed by atoms with Crippen molar-refractivity contribution in [2.75, 3.05) is 43.4 Å². The maximum Gasteiger partial charge on any atom is 0.209 e. The smallest absolute Gasteiger partial charge is 0.209 e. The number of thioether (sulfide) groups is 1. The van der Waals surface area contributed by atoms with Crippen LogP contribution in [-0.2, 0) is 4.79 Å². The lowest BCUT2D eigenvalue weighted by atomic mass is 10.3. The molecule has 2 heterocycles. The van der Waals surface area contributed by atoms with Gasteiger partial charge in [-0.25, -0.2) is 0 Å². The predicted molar refractivity (Wildman–Crippen MR) is 67.6 cm³/mol. The maximum absolute atomic E-state index is 10.6. The van der Waals surface area contributed by atoms with E-state index in [-0.39, 0.29) is 6.61 Å². The number of anilines is 1. The fraction of sp³-hybridized carbons (Fsp3) is 0.667. The summed E-state index contributed by atoms with van der Waals surface area (Å²) in [4.78, 5) is 14.5. The topological polar surface area (TPSA) is 69.6 Å². The molecule has 1 amide bonds. The molecule has 1 N–H and O–H groups in total. The quantitative estimate of drug-likeness (QED) is 0.597. The highest BCUT2D eigenvalue weighted by Gasteiger charge is 2.18. The molecular weight excluding hydrogens is 260 g/mol. The Hall–Kier alpha value is -0.860. The van der Waals surface area contributed by atoms with Crippen LogP contribution in [0, 0.1) is 0 Å². The molecule has 1 aliphatic rings. The molecule has 0 radical (unpaired) electrons. The van der Waals surface area contributed by atoms with Gasteiger partial charge in [0, 0.05) is 31.9 Å². The van der Waals surface area contributed by atoms with E-state index in [1.54, 1.807) is 4.90 Å². The van der Waals surface area contributed by atoms with Crippen molar-refractivity contribution in [1.29, 1.82) is 0 Å². The molecule has 2 rings (SSSR count). The van der Waals surface area contributed by atoms with Crippen LogP contribution in [0.25, 0.3) is 0 Å². The van der Waals surface area contributed by atoms with E-state index in [1.165, 1.54) is 23.1 Å². The Morgan fingerprint density at radius 2 is 2.12 bits per heavy atom. The van der Waals surface area contributed by atoms with Crippen LogP contribution in [0.15, 0.2) is 4.34 Å². The number of amides is 1. The Balaban J connectivity index is 1.89. The van der Waals surface area contributed by atoms with Gasteiger partial charge in [0.1, 0.15) is 0 Å². The summed E-state index contributed by atoms with van der Waals surface area (Å²) in [5.74, 6) is 0.646. The van der Waals surface area contributed by atoms with Gasteiger partial charge in [-0.15, -0.1) is 10.2 Å². The van der Waals surface area contributed by atoms with Crippen LogP contribution in [0.2, 0.25) is 0 Å². The summed E-state index contributed by atoms with van der Waals surface area (Å²) in [5.41, 5.74) is 0. The van der Waals surface area contributed by atoms with Gasteiger partial charge in [-0.05, 0) is 0 Å². The summed E-state index contributed by atoms with van der Waals surface area (Å²) in [6.45, 7) is 3.23. The Labute approximate surface area is 108 Å². The number of carbonyl (C=O) groups is 1. The highest BCUT2D eigenvalue weighted by atomic mass is 32.2. The van der Waals surface area contributed by atoms with Gasteiger partial charge in [-0.1, -0.05) is 23.1 Å². The number of nitrogens with zero attached hydrogens (tertiary/aromatic N) is 4. The third-order valence-electron chi connectivity index (χ3n) is 2.45. The molecule has 94 valence electrons. The molecule has 1 aliphatic heterocycles. The van der Waals surface area contributed by atoms with Crippen LogP contribution in [-0.4, -0.2) is 65.2 Å². The third-order valence-corrected chi connectivity index (χ3v) is 4.54. The highest BCUT2D eigenvalue weighted by molar-refractivity contribution is 8.01. The largest absolute Gasteiger partial charge is 0.396 e. The number of aromatic nitrogens is 2. The monoisotopic (exact) mass is 274 g/mol. The summed E-state index contributed by atoms with van der Waals surface area (Å²) in [6.07, 6.45) is 0.889. The van der Waals surface area contributed by atoms with Crippen molar-refractivity contribution >= 4 is 34.6 Å². The van der Waals surface area contributed by atoms with E-state index in [4.69, 9.17) is 5.11 Å². The summed E-state index contributed by atoms with van der Waals surface area (Å²) in [7, 11) is 0. The van der Waals surface area contributed by atoms with Crippen molar-refractivity contribution < 1.29 is 9.90 Å². The van der Waals surface area contributed by atoms with Crippen LogP contribution >= 0.6 is 23.1 Å². The fourth-order valence-electron chi connectivity index (χ4n) is 1.54. The van der Waals surface area contributed by atoms with Gasteiger partial charge in [-0.3, -0.25) is 4.79 Å². The van der Waals surface area contributed by atoms with Gasteiger partial charge in [-0.2, -0.15) is 0 Å².